The lowest BCUT2D eigenvalue weighted by Gasteiger charge is -1.98. The van der Waals surface area contributed by atoms with E-state index < -0.39 is 6.16 Å². The van der Waals surface area contributed by atoms with Crippen molar-refractivity contribution in [1.29, 1.82) is 0 Å². The molecule has 0 unspecified atom stereocenters. The number of hydrogen-bond acceptors (Lipinski definition) is 6. The fraction of sp³-hybridized carbons (Fsp3) is 0.833. The number of hydrogen-bond donors (Lipinski definition) is 1. The largest absolute Gasteiger partial charge is 0.508 e. The quantitative estimate of drug-likeness (QED) is 0.788. The van der Waals surface area contributed by atoms with E-state index in [1.165, 1.54) is 6.92 Å². The second kappa shape index (κ2) is 18.1. The van der Waals surface area contributed by atoms with Gasteiger partial charge >= 0.3 is 12.1 Å². The molecule has 0 aromatic rings. The highest BCUT2D eigenvalue weighted by atomic mass is 16.7. The summed E-state index contributed by atoms with van der Waals surface area (Å²) in [6.45, 7) is 11.3. The molecule has 0 aliphatic rings. The number of aliphatic hydroxyl groups is 1. The highest BCUT2D eigenvalue weighted by molar-refractivity contribution is 5.65. The molecule has 0 radical (unpaired) electrons. The van der Waals surface area contributed by atoms with E-state index in [4.69, 9.17) is 5.11 Å². The summed E-state index contributed by atoms with van der Waals surface area (Å²) in [5.74, 6) is -0.211. The Morgan fingerprint density at radius 3 is 1.33 bits per heavy atom. The van der Waals surface area contributed by atoms with Gasteiger partial charge < -0.3 is 19.3 Å². The maximum absolute atomic E-state index is 10.2. The molecule has 0 aliphatic carbocycles. The lowest BCUT2D eigenvalue weighted by Crippen LogP contribution is -2.05. The SMILES string of the molecule is CC(C)O.CCOC(=O)OCC.CCOC(C)=O. The van der Waals surface area contributed by atoms with E-state index in [0.29, 0.717) is 19.8 Å². The molecule has 0 bridgehead atoms. The summed E-state index contributed by atoms with van der Waals surface area (Å²) >= 11 is 0. The smallest absolute Gasteiger partial charge is 0.466 e. The van der Waals surface area contributed by atoms with E-state index in [1.54, 1.807) is 34.6 Å². The molecule has 110 valence electrons. The Hall–Kier alpha value is -1.30. The van der Waals surface area contributed by atoms with Crippen molar-refractivity contribution in [2.45, 2.75) is 47.6 Å². The minimum atomic E-state index is -0.588. The second-order valence-corrected chi connectivity index (χ2v) is 3.13. The lowest BCUT2D eigenvalue weighted by molar-refractivity contribution is -0.140. The van der Waals surface area contributed by atoms with Crippen molar-refractivity contribution in [3.63, 3.8) is 0 Å². The van der Waals surface area contributed by atoms with Gasteiger partial charge in [-0.15, -0.1) is 0 Å². The van der Waals surface area contributed by atoms with Crippen molar-refractivity contribution < 1.29 is 28.9 Å². The van der Waals surface area contributed by atoms with Crippen LogP contribution in [0.3, 0.4) is 0 Å². The van der Waals surface area contributed by atoms with Crippen LogP contribution in [0.1, 0.15) is 41.5 Å². The van der Waals surface area contributed by atoms with Gasteiger partial charge in [0.25, 0.3) is 0 Å². The molecule has 0 rings (SSSR count). The van der Waals surface area contributed by atoms with Crippen LogP contribution in [-0.2, 0) is 19.0 Å². The third-order valence-corrected chi connectivity index (χ3v) is 0.872. The molecule has 0 saturated carbocycles. The maximum Gasteiger partial charge on any atom is 0.508 e. The molecule has 0 fully saturated rings. The minimum Gasteiger partial charge on any atom is -0.466 e. The van der Waals surface area contributed by atoms with Crippen LogP contribution in [0.5, 0.6) is 0 Å². The van der Waals surface area contributed by atoms with Gasteiger partial charge in [0.2, 0.25) is 0 Å². The van der Waals surface area contributed by atoms with Crippen LogP contribution in [0, 0.1) is 0 Å². The molecular formula is C12H26O6. The first-order chi connectivity index (χ1) is 8.31. The van der Waals surface area contributed by atoms with Crippen LogP contribution in [-0.4, -0.2) is 43.2 Å². The first-order valence-electron chi connectivity index (χ1n) is 5.92. The maximum atomic E-state index is 10.2. The van der Waals surface area contributed by atoms with Crippen LogP contribution in [0.15, 0.2) is 0 Å². The van der Waals surface area contributed by atoms with Gasteiger partial charge in [0, 0.05) is 13.0 Å². The van der Waals surface area contributed by atoms with Gasteiger partial charge in [0.05, 0.1) is 19.8 Å². The highest BCUT2D eigenvalue weighted by Crippen LogP contribution is 1.81. The summed E-state index contributed by atoms with van der Waals surface area (Å²) in [4.78, 5) is 20.0. The number of rotatable bonds is 3. The summed E-state index contributed by atoms with van der Waals surface area (Å²) in [5.41, 5.74) is 0. The molecular weight excluding hydrogens is 240 g/mol. The monoisotopic (exact) mass is 266 g/mol. The lowest BCUT2D eigenvalue weighted by atomic mass is 10.5. The van der Waals surface area contributed by atoms with Gasteiger partial charge in [-0.1, -0.05) is 0 Å². The molecule has 0 atom stereocenters. The van der Waals surface area contributed by atoms with Crippen LogP contribution in [0.4, 0.5) is 4.79 Å². The Bertz CT molecular complexity index is 180. The molecule has 18 heavy (non-hydrogen) atoms. The molecule has 6 heteroatoms. The van der Waals surface area contributed by atoms with Crippen LogP contribution in [0.2, 0.25) is 0 Å². The van der Waals surface area contributed by atoms with Crippen LogP contribution >= 0.6 is 0 Å². The molecule has 0 aromatic carbocycles. The van der Waals surface area contributed by atoms with E-state index in [1.807, 2.05) is 0 Å². The van der Waals surface area contributed by atoms with Crippen molar-refractivity contribution in [2.75, 3.05) is 19.8 Å². The van der Waals surface area contributed by atoms with Crippen molar-refractivity contribution in [2.24, 2.45) is 0 Å². The van der Waals surface area contributed by atoms with Gasteiger partial charge in [0.15, 0.2) is 0 Å². The minimum absolute atomic E-state index is 0.167. The molecule has 0 amide bonds. The van der Waals surface area contributed by atoms with Crippen LogP contribution < -0.4 is 0 Å². The third kappa shape index (κ3) is 46.5. The topological polar surface area (TPSA) is 82.1 Å². The number of carbonyl (C=O) groups excluding carboxylic acids is 2. The van der Waals surface area contributed by atoms with E-state index in [2.05, 4.69) is 14.2 Å². The van der Waals surface area contributed by atoms with Gasteiger partial charge in [-0.2, -0.15) is 0 Å². The molecule has 0 heterocycles. The van der Waals surface area contributed by atoms with Crippen molar-refractivity contribution >= 4 is 12.1 Å². The molecule has 1 N–H and O–H groups in total. The van der Waals surface area contributed by atoms with Gasteiger partial charge in [-0.05, 0) is 34.6 Å². The predicted molar refractivity (Wildman–Crippen MR) is 68.3 cm³/mol. The normalized spacial score (nSPS) is 8.22. The molecule has 0 saturated heterocycles. The fourth-order valence-electron chi connectivity index (χ4n) is 0.481. The Balaban J connectivity index is -0.000000200. The van der Waals surface area contributed by atoms with Crippen molar-refractivity contribution in [3.8, 4) is 0 Å². The molecule has 6 nitrogen and oxygen atoms in total. The van der Waals surface area contributed by atoms with E-state index in [9.17, 15) is 9.59 Å². The summed E-state index contributed by atoms with van der Waals surface area (Å²) in [5, 5.41) is 8.06. The summed E-state index contributed by atoms with van der Waals surface area (Å²) < 4.78 is 13.2. The molecule has 0 spiro atoms. The zero-order chi connectivity index (χ0) is 15.0. The number of ether oxygens (including phenoxy) is 3. The molecule has 0 aliphatic heterocycles. The predicted octanol–water partition coefficient (Wildman–Crippen LogP) is 2.14. The number of aliphatic hydroxyl groups excluding tert-OH is 1. The first kappa shape index (κ1) is 21.9. The zero-order valence-electron chi connectivity index (χ0n) is 12.2. The number of esters is 1. The van der Waals surface area contributed by atoms with E-state index >= 15 is 0 Å². The Morgan fingerprint density at radius 1 is 0.944 bits per heavy atom. The Kier molecular flexibility index (Phi) is 22.0. The first-order valence-corrected chi connectivity index (χ1v) is 5.92. The summed E-state index contributed by atoms with van der Waals surface area (Å²) in [6.07, 6.45) is -0.755. The van der Waals surface area contributed by atoms with Crippen molar-refractivity contribution in [3.05, 3.63) is 0 Å². The fourth-order valence-corrected chi connectivity index (χ4v) is 0.481. The average molecular weight is 266 g/mol. The van der Waals surface area contributed by atoms with Gasteiger partial charge in [-0.25, -0.2) is 4.79 Å². The highest BCUT2D eigenvalue weighted by Gasteiger charge is 1.96. The third-order valence-electron chi connectivity index (χ3n) is 0.872. The van der Waals surface area contributed by atoms with Gasteiger partial charge in [-0.3, -0.25) is 4.79 Å². The van der Waals surface area contributed by atoms with Gasteiger partial charge in [0.1, 0.15) is 0 Å². The van der Waals surface area contributed by atoms with Crippen molar-refractivity contribution in [1.82, 2.24) is 0 Å². The zero-order valence-corrected chi connectivity index (χ0v) is 12.2. The summed E-state index contributed by atoms with van der Waals surface area (Å²) in [6, 6.07) is 0. The number of carbonyl (C=O) groups is 2. The standard InChI is InChI=1S/C5H10O3.C4H8O2.C3H8O/c1-3-7-5(6)8-4-2;1-3-6-4(2)5;1-3(2)4/h3-4H2,1-2H3;3H2,1-2H3;3-4H,1-2H3. The second-order valence-electron chi connectivity index (χ2n) is 3.13. The molecule has 0 aromatic heterocycles. The van der Waals surface area contributed by atoms with E-state index in [0.717, 1.165) is 0 Å². The Labute approximate surface area is 109 Å². The van der Waals surface area contributed by atoms with Crippen LogP contribution in [0.25, 0.3) is 0 Å². The average Bonchev–Trinajstić information content (AvgIpc) is 2.17. The Morgan fingerprint density at radius 2 is 1.22 bits per heavy atom. The van der Waals surface area contributed by atoms with E-state index in [-0.39, 0.29) is 12.1 Å². The summed E-state index contributed by atoms with van der Waals surface area (Å²) in [7, 11) is 0.